The van der Waals surface area contributed by atoms with E-state index in [4.69, 9.17) is 0 Å². The predicted octanol–water partition coefficient (Wildman–Crippen LogP) is 2.78. The highest BCUT2D eigenvalue weighted by atomic mass is 15.3. The van der Waals surface area contributed by atoms with Crippen LogP contribution in [0.4, 0.5) is 5.69 Å². The number of aryl methyl sites for hydroxylation is 1. The van der Waals surface area contributed by atoms with Crippen molar-refractivity contribution in [1.29, 1.82) is 0 Å². The van der Waals surface area contributed by atoms with E-state index in [1.807, 2.05) is 29.9 Å². The molecule has 2 rings (SSSR count). The van der Waals surface area contributed by atoms with Gasteiger partial charge >= 0.3 is 0 Å². The Hall–Kier alpha value is -1.84. The summed E-state index contributed by atoms with van der Waals surface area (Å²) >= 11 is 0. The molecule has 2 aromatic rings. The first-order valence-electron chi connectivity index (χ1n) is 5.85. The summed E-state index contributed by atoms with van der Waals surface area (Å²) in [6.07, 6.45) is 5.78. The van der Waals surface area contributed by atoms with Gasteiger partial charge in [-0.15, -0.1) is 0 Å². The van der Waals surface area contributed by atoms with E-state index in [0.29, 0.717) is 6.04 Å². The quantitative estimate of drug-likeness (QED) is 0.878. The standard InChI is InChI=1S/C13H18N4/c1-10(2)17-9-12(8-16-17)7-15-13-5-4-6-14-11(13)3/h4-6,8-10,15H,7H2,1-3H3. The fraction of sp³-hybridized carbons (Fsp3) is 0.385. The first kappa shape index (κ1) is 11.6. The summed E-state index contributed by atoms with van der Waals surface area (Å²) in [6.45, 7) is 7.02. The van der Waals surface area contributed by atoms with Crippen molar-refractivity contribution in [3.8, 4) is 0 Å². The number of hydrogen-bond donors (Lipinski definition) is 1. The highest BCUT2D eigenvalue weighted by Crippen LogP contribution is 2.12. The average Bonchev–Trinajstić information content (AvgIpc) is 2.77. The third-order valence-corrected chi connectivity index (χ3v) is 2.67. The van der Waals surface area contributed by atoms with Crippen molar-refractivity contribution in [3.05, 3.63) is 42.0 Å². The molecule has 0 radical (unpaired) electrons. The number of hydrogen-bond acceptors (Lipinski definition) is 3. The molecule has 17 heavy (non-hydrogen) atoms. The molecule has 4 heteroatoms. The maximum Gasteiger partial charge on any atom is 0.0603 e. The van der Waals surface area contributed by atoms with Crippen LogP contribution in [0, 0.1) is 6.92 Å². The summed E-state index contributed by atoms with van der Waals surface area (Å²) in [6, 6.07) is 4.38. The van der Waals surface area contributed by atoms with Gasteiger partial charge in [-0.2, -0.15) is 5.10 Å². The Morgan fingerprint density at radius 2 is 2.24 bits per heavy atom. The Kier molecular flexibility index (Phi) is 3.42. The Balaban J connectivity index is 2.00. The van der Waals surface area contributed by atoms with Crippen molar-refractivity contribution in [1.82, 2.24) is 14.8 Å². The van der Waals surface area contributed by atoms with Crippen LogP contribution in [0.5, 0.6) is 0 Å². The van der Waals surface area contributed by atoms with E-state index in [1.165, 1.54) is 5.56 Å². The Bertz CT molecular complexity index is 488. The maximum atomic E-state index is 4.31. The van der Waals surface area contributed by atoms with Gasteiger partial charge in [0.25, 0.3) is 0 Å². The van der Waals surface area contributed by atoms with E-state index in [0.717, 1.165) is 17.9 Å². The summed E-state index contributed by atoms with van der Waals surface area (Å²) in [5, 5.41) is 7.68. The van der Waals surface area contributed by atoms with E-state index in [9.17, 15) is 0 Å². The van der Waals surface area contributed by atoms with Gasteiger partial charge in [-0.3, -0.25) is 9.67 Å². The molecule has 0 aliphatic carbocycles. The Labute approximate surface area is 102 Å². The monoisotopic (exact) mass is 230 g/mol. The zero-order chi connectivity index (χ0) is 12.3. The van der Waals surface area contributed by atoms with E-state index in [2.05, 4.69) is 35.4 Å². The van der Waals surface area contributed by atoms with Gasteiger partial charge in [0.05, 0.1) is 17.6 Å². The van der Waals surface area contributed by atoms with E-state index < -0.39 is 0 Å². The molecule has 4 nitrogen and oxygen atoms in total. The lowest BCUT2D eigenvalue weighted by atomic mass is 10.3. The second kappa shape index (κ2) is 4.99. The van der Waals surface area contributed by atoms with Crippen LogP contribution in [0.25, 0.3) is 0 Å². The summed E-state index contributed by atoms with van der Waals surface area (Å²) in [4.78, 5) is 4.24. The molecule has 2 heterocycles. The molecule has 0 atom stereocenters. The molecule has 0 amide bonds. The van der Waals surface area contributed by atoms with Gasteiger partial charge in [0.1, 0.15) is 0 Å². The van der Waals surface area contributed by atoms with Crippen molar-refractivity contribution < 1.29 is 0 Å². The van der Waals surface area contributed by atoms with Crippen LogP contribution in [-0.2, 0) is 6.54 Å². The molecule has 0 unspecified atom stereocenters. The molecule has 0 saturated carbocycles. The van der Waals surface area contributed by atoms with Gasteiger partial charge in [-0.05, 0) is 32.9 Å². The van der Waals surface area contributed by atoms with Crippen molar-refractivity contribution in [2.24, 2.45) is 0 Å². The van der Waals surface area contributed by atoms with Gasteiger partial charge in [0.2, 0.25) is 0 Å². The third-order valence-electron chi connectivity index (χ3n) is 2.67. The van der Waals surface area contributed by atoms with Gasteiger partial charge in [-0.25, -0.2) is 0 Å². The van der Waals surface area contributed by atoms with Crippen molar-refractivity contribution in [3.63, 3.8) is 0 Å². The van der Waals surface area contributed by atoms with Gasteiger partial charge < -0.3 is 5.32 Å². The topological polar surface area (TPSA) is 42.7 Å². The molecular formula is C13H18N4. The number of nitrogens with one attached hydrogen (secondary N) is 1. The molecule has 2 aromatic heterocycles. The number of rotatable bonds is 4. The Morgan fingerprint density at radius 1 is 1.41 bits per heavy atom. The van der Waals surface area contributed by atoms with Crippen LogP contribution < -0.4 is 5.32 Å². The van der Waals surface area contributed by atoms with Gasteiger partial charge in [-0.1, -0.05) is 0 Å². The number of pyridine rings is 1. The van der Waals surface area contributed by atoms with E-state index in [-0.39, 0.29) is 0 Å². The third kappa shape index (κ3) is 2.84. The molecule has 0 aliphatic rings. The van der Waals surface area contributed by atoms with Crippen molar-refractivity contribution in [2.45, 2.75) is 33.4 Å². The number of anilines is 1. The van der Waals surface area contributed by atoms with Gasteiger partial charge in [0, 0.05) is 30.5 Å². The van der Waals surface area contributed by atoms with Crippen LogP contribution in [0.2, 0.25) is 0 Å². The largest absolute Gasteiger partial charge is 0.379 e. The molecule has 0 saturated heterocycles. The number of aromatic nitrogens is 3. The summed E-state index contributed by atoms with van der Waals surface area (Å²) in [5.41, 5.74) is 3.27. The average molecular weight is 230 g/mol. The molecule has 0 bridgehead atoms. The summed E-state index contributed by atoms with van der Waals surface area (Å²) < 4.78 is 1.97. The zero-order valence-electron chi connectivity index (χ0n) is 10.5. The predicted molar refractivity (Wildman–Crippen MR) is 68.9 cm³/mol. The zero-order valence-corrected chi connectivity index (χ0v) is 10.5. The fourth-order valence-electron chi connectivity index (χ4n) is 1.62. The fourth-order valence-corrected chi connectivity index (χ4v) is 1.62. The minimum Gasteiger partial charge on any atom is -0.379 e. The van der Waals surface area contributed by atoms with Crippen LogP contribution in [0.3, 0.4) is 0 Å². The van der Waals surface area contributed by atoms with Crippen molar-refractivity contribution >= 4 is 5.69 Å². The van der Waals surface area contributed by atoms with E-state index in [1.54, 1.807) is 6.20 Å². The van der Waals surface area contributed by atoms with E-state index >= 15 is 0 Å². The SMILES string of the molecule is Cc1ncccc1NCc1cnn(C(C)C)c1. The van der Waals surface area contributed by atoms with Crippen LogP contribution >= 0.6 is 0 Å². The number of nitrogens with zero attached hydrogens (tertiary/aromatic N) is 3. The first-order valence-corrected chi connectivity index (χ1v) is 5.85. The highest BCUT2D eigenvalue weighted by molar-refractivity contribution is 5.46. The van der Waals surface area contributed by atoms with Crippen LogP contribution in [0.1, 0.15) is 31.1 Å². The molecule has 1 N–H and O–H groups in total. The maximum absolute atomic E-state index is 4.31. The molecule has 90 valence electrons. The van der Waals surface area contributed by atoms with Crippen LogP contribution in [0.15, 0.2) is 30.7 Å². The smallest absolute Gasteiger partial charge is 0.0603 e. The highest BCUT2D eigenvalue weighted by Gasteiger charge is 2.02. The molecule has 0 spiro atoms. The van der Waals surface area contributed by atoms with Crippen LogP contribution in [-0.4, -0.2) is 14.8 Å². The normalized spacial score (nSPS) is 10.8. The van der Waals surface area contributed by atoms with Gasteiger partial charge in [0.15, 0.2) is 0 Å². The second-order valence-electron chi connectivity index (χ2n) is 4.41. The molecule has 0 aliphatic heterocycles. The molecule has 0 fully saturated rings. The molecular weight excluding hydrogens is 212 g/mol. The van der Waals surface area contributed by atoms with Crippen molar-refractivity contribution in [2.75, 3.05) is 5.32 Å². The summed E-state index contributed by atoms with van der Waals surface area (Å²) in [7, 11) is 0. The Morgan fingerprint density at radius 3 is 2.88 bits per heavy atom. The lowest BCUT2D eigenvalue weighted by molar-refractivity contribution is 0.532. The molecule has 0 aromatic carbocycles. The summed E-state index contributed by atoms with van der Waals surface area (Å²) in [5.74, 6) is 0. The minimum atomic E-state index is 0.406. The lowest BCUT2D eigenvalue weighted by Gasteiger charge is -2.07. The lowest BCUT2D eigenvalue weighted by Crippen LogP contribution is -2.02. The second-order valence-corrected chi connectivity index (χ2v) is 4.41. The minimum absolute atomic E-state index is 0.406. The first-order chi connectivity index (χ1) is 8.16.